The third kappa shape index (κ3) is 2.42. The summed E-state index contributed by atoms with van der Waals surface area (Å²) < 4.78 is 25.6. The smallest absolute Gasteiger partial charge is 0.271 e. The van der Waals surface area contributed by atoms with Crippen LogP contribution in [-0.4, -0.2) is 42.2 Å². The number of pyridine rings is 1. The van der Waals surface area contributed by atoms with Gasteiger partial charge in [-0.2, -0.15) is 0 Å². The van der Waals surface area contributed by atoms with Crippen LogP contribution in [0.4, 0.5) is 10.1 Å². The normalized spacial score (nSPS) is 19.8. The van der Waals surface area contributed by atoms with Gasteiger partial charge in [0.25, 0.3) is 5.56 Å². The lowest BCUT2D eigenvalue weighted by molar-refractivity contribution is 0.414. The number of anilines is 1. The molecule has 1 atom stereocenters. The Morgan fingerprint density at radius 2 is 2.11 bits per heavy atom. The molecular weight excluding hydrogens is 383 g/mol. The van der Waals surface area contributed by atoms with Crippen LogP contribution in [0.3, 0.4) is 0 Å². The number of hydrogen-bond donors (Lipinski definition) is 2. The van der Waals surface area contributed by atoms with E-state index in [2.05, 4.69) is 9.69 Å². The summed E-state index contributed by atoms with van der Waals surface area (Å²) in [6.07, 6.45) is 2.83. The van der Waals surface area contributed by atoms with Gasteiger partial charge in [0.1, 0.15) is 15.9 Å². The summed E-state index contributed by atoms with van der Waals surface area (Å²) >= 11 is 1.16. The monoisotopic (exact) mass is 404 g/mol. The molecule has 9 heteroatoms. The van der Waals surface area contributed by atoms with Crippen molar-refractivity contribution < 1.29 is 9.13 Å². The molecule has 0 bridgehead atoms. The van der Waals surface area contributed by atoms with Crippen molar-refractivity contribution in [1.29, 1.82) is 0 Å². The highest BCUT2D eigenvalue weighted by atomic mass is 32.1. The van der Waals surface area contributed by atoms with Gasteiger partial charge in [0.2, 0.25) is 5.43 Å². The predicted octanol–water partition coefficient (Wildman–Crippen LogP) is 2.19. The average Bonchev–Trinajstić information content (AvgIpc) is 3.28. The zero-order chi connectivity index (χ0) is 19.6. The Morgan fingerprint density at radius 3 is 2.75 bits per heavy atom. The molecule has 0 radical (unpaired) electrons. The standard InChI is InChI=1S/C19H21FN4O3S/c1-21-9-5-6-23(8-9)15-12(20)7-11-14(17(15)27-2)24(10-3-4-10)19-13(16(11)25)18(26)22-28-19/h7,9-10,21H,3-6,8H2,1-2H3,(H,22,26)/t9-/m1/s1. The fourth-order valence-corrected chi connectivity index (χ4v) is 5.20. The van der Waals surface area contributed by atoms with Crippen LogP contribution < -0.4 is 25.9 Å². The van der Waals surface area contributed by atoms with E-state index in [-0.39, 0.29) is 22.9 Å². The van der Waals surface area contributed by atoms with Crippen LogP contribution in [0.15, 0.2) is 15.7 Å². The summed E-state index contributed by atoms with van der Waals surface area (Å²) in [5.41, 5.74) is 0.120. The van der Waals surface area contributed by atoms with Gasteiger partial charge in [0, 0.05) is 25.2 Å². The average molecular weight is 404 g/mol. The number of benzene rings is 1. The largest absolute Gasteiger partial charge is 0.492 e. The number of fused-ring (bicyclic) bond motifs is 2. The number of H-pyrrole nitrogens is 1. The molecule has 1 aliphatic carbocycles. The Balaban J connectivity index is 1.89. The van der Waals surface area contributed by atoms with Crippen molar-refractivity contribution in [2.24, 2.45) is 0 Å². The molecule has 3 aromatic rings. The van der Waals surface area contributed by atoms with E-state index in [1.54, 1.807) is 0 Å². The van der Waals surface area contributed by atoms with Crippen molar-refractivity contribution in [3.63, 3.8) is 0 Å². The summed E-state index contributed by atoms with van der Waals surface area (Å²) in [5, 5.41) is 3.54. The number of aromatic nitrogens is 2. The van der Waals surface area contributed by atoms with E-state index in [0.29, 0.717) is 34.9 Å². The molecule has 7 nitrogen and oxygen atoms in total. The van der Waals surface area contributed by atoms with Gasteiger partial charge in [0.15, 0.2) is 11.6 Å². The first-order chi connectivity index (χ1) is 13.5. The minimum atomic E-state index is -0.494. The van der Waals surface area contributed by atoms with E-state index in [0.717, 1.165) is 30.8 Å². The van der Waals surface area contributed by atoms with Crippen molar-refractivity contribution in [2.75, 3.05) is 32.1 Å². The Hall–Kier alpha value is -2.39. The van der Waals surface area contributed by atoms with Gasteiger partial charge >= 0.3 is 0 Å². The number of ether oxygens (including phenoxy) is 1. The Bertz CT molecular complexity index is 1210. The second kappa shape index (κ2) is 6.31. The molecule has 0 spiro atoms. The zero-order valence-electron chi connectivity index (χ0n) is 15.7. The number of methoxy groups -OCH3 is 1. The van der Waals surface area contributed by atoms with Crippen LogP contribution in [0, 0.1) is 5.82 Å². The summed E-state index contributed by atoms with van der Waals surface area (Å²) in [7, 11) is 3.41. The van der Waals surface area contributed by atoms with E-state index in [1.807, 2.05) is 16.5 Å². The molecule has 148 valence electrons. The highest BCUT2D eigenvalue weighted by Gasteiger charge is 2.34. The van der Waals surface area contributed by atoms with Gasteiger partial charge in [-0.1, -0.05) is 0 Å². The van der Waals surface area contributed by atoms with Crippen LogP contribution in [-0.2, 0) is 0 Å². The first-order valence-corrected chi connectivity index (χ1v) is 10.2. The minimum absolute atomic E-state index is 0.107. The molecular formula is C19H21FN4O3S. The van der Waals surface area contributed by atoms with Crippen LogP contribution in [0.1, 0.15) is 25.3 Å². The minimum Gasteiger partial charge on any atom is -0.492 e. The number of rotatable bonds is 4. The SMILES string of the molecule is CN[C@@H]1CCN(c2c(F)cc3c(=O)c4c(=O)[nH]sc4n(C4CC4)c3c2OC)C1. The van der Waals surface area contributed by atoms with Crippen molar-refractivity contribution >= 4 is 38.3 Å². The molecule has 3 heterocycles. The van der Waals surface area contributed by atoms with Gasteiger partial charge in [-0.25, -0.2) is 4.39 Å². The number of halogens is 1. The lowest BCUT2D eigenvalue weighted by Gasteiger charge is -2.24. The second-order valence-corrected chi connectivity index (χ2v) is 8.30. The molecule has 2 N–H and O–H groups in total. The number of nitrogens with one attached hydrogen (secondary N) is 2. The maximum Gasteiger partial charge on any atom is 0.271 e. The molecule has 2 fully saturated rings. The molecule has 1 saturated heterocycles. The maximum absolute atomic E-state index is 15.2. The molecule has 28 heavy (non-hydrogen) atoms. The lowest BCUT2D eigenvalue weighted by atomic mass is 10.1. The third-order valence-electron chi connectivity index (χ3n) is 5.82. The van der Waals surface area contributed by atoms with Crippen molar-refractivity contribution in [3.8, 4) is 5.75 Å². The van der Waals surface area contributed by atoms with Crippen LogP contribution >= 0.6 is 11.5 Å². The van der Waals surface area contributed by atoms with Crippen LogP contribution in [0.5, 0.6) is 5.75 Å². The maximum atomic E-state index is 15.2. The molecule has 0 unspecified atom stereocenters. The fraction of sp³-hybridized carbons (Fsp3) is 0.474. The predicted molar refractivity (Wildman–Crippen MR) is 109 cm³/mol. The van der Waals surface area contributed by atoms with E-state index in [1.165, 1.54) is 13.2 Å². The van der Waals surface area contributed by atoms with Crippen LogP contribution in [0.25, 0.3) is 21.1 Å². The van der Waals surface area contributed by atoms with Gasteiger partial charge in [-0.15, -0.1) is 0 Å². The van der Waals surface area contributed by atoms with Crippen LogP contribution in [0.2, 0.25) is 0 Å². The van der Waals surface area contributed by atoms with E-state index < -0.39 is 16.8 Å². The highest BCUT2D eigenvalue weighted by molar-refractivity contribution is 7.12. The van der Waals surface area contributed by atoms with Gasteiger partial charge in [-0.3, -0.25) is 14.0 Å². The lowest BCUT2D eigenvalue weighted by Crippen LogP contribution is -2.30. The first-order valence-electron chi connectivity index (χ1n) is 9.43. The summed E-state index contributed by atoms with van der Waals surface area (Å²) in [5.74, 6) is -0.120. The van der Waals surface area contributed by atoms with E-state index in [4.69, 9.17) is 4.74 Å². The third-order valence-corrected chi connectivity index (χ3v) is 6.71. The zero-order valence-corrected chi connectivity index (χ0v) is 16.5. The van der Waals surface area contributed by atoms with Gasteiger partial charge in [-0.05, 0) is 43.9 Å². The van der Waals surface area contributed by atoms with Crippen molar-refractivity contribution in [3.05, 3.63) is 32.5 Å². The molecule has 2 aliphatic rings. The van der Waals surface area contributed by atoms with Crippen molar-refractivity contribution in [2.45, 2.75) is 31.3 Å². The molecule has 1 saturated carbocycles. The Kier molecular flexibility index (Phi) is 3.99. The van der Waals surface area contributed by atoms with Crippen molar-refractivity contribution in [1.82, 2.24) is 14.3 Å². The number of aromatic amines is 1. The highest BCUT2D eigenvalue weighted by Crippen LogP contribution is 2.45. The topological polar surface area (TPSA) is 79.4 Å². The summed E-state index contributed by atoms with van der Waals surface area (Å²) in [6.45, 7) is 1.38. The molecule has 5 rings (SSSR count). The summed E-state index contributed by atoms with van der Waals surface area (Å²) in [4.78, 5) is 27.8. The van der Waals surface area contributed by atoms with Gasteiger partial charge in [0.05, 0.1) is 18.0 Å². The summed E-state index contributed by atoms with van der Waals surface area (Å²) in [6, 6.07) is 1.74. The van der Waals surface area contributed by atoms with E-state index >= 15 is 4.39 Å². The quantitative estimate of drug-likeness (QED) is 0.697. The Labute approximate surface area is 163 Å². The number of nitrogens with zero attached hydrogens (tertiary/aromatic N) is 2. The Morgan fingerprint density at radius 1 is 1.32 bits per heavy atom. The second-order valence-electron chi connectivity index (χ2n) is 7.50. The molecule has 0 amide bonds. The first kappa shape index (κ1) is 17.7. The van der Waals surface area contributed by atoms with Gasteiger partial charge < -0.3 is 19.5 Å². The molecule has 1 aliphatic heterocycles. The fourth-order valence-electron chi connectivity index (χ4n) is 4.29. The number of likely N-dealkylation sites (N-methyl/N-ethyl adjacent to an activating group) is 1. The van der Waals surface area contributed by atoms with E-state index in [9.17, 15) is 9.59 Å². The molecule has 1 aromatic carbocycles. The molecule has 2 aromatic heterocycles. The number of hydrogen-bond acceptors (Lipinski definition) is 6.